The molecule has 1 saturated carbocycles. The summed E-state index contributed by atoms with van der Waals surface area (Å²) in [6, 6.07) is 6.03. The van der Waals surface area contributed by atoms with Crippen LogP contribution in [-0.2, 0) is 6.54 Å². The monoisotopic (exact) mass is 300 g/mol. The fraction of sp³-hybridized carbons (Fsp3) is 0.353. The molecule has 0 spiro atoms. The average Bonchev–Trinajstić information content (AvgIpc) is 3.21. The molecule has 1 amide bonds. The molecule has 1 aromatic carbocycles. The number of benzene rings is 1. The molecule has 1 fully saturated rings. The van der Waals surface area contributed by atoms with Crippen molar-refractivity contribution in [3.63, 3.8) is 0 Å². The van der Waals surface area contributed by atoms with E-state index in [1.807, 2.05) is 31.4 Å². The zero-order valence-corrected chi connectivity index (χ0v) is 13.2. The number of aryl methyl sites for hydroxylation is 1. The lowest BCUT2D eigenvalue weighted by Crippen LogP contribution is -2.23. The van der Waals surface area contributed by atoms with Gasteiger partial charge in [0.2, 0.25) is 0 Å². The number of nitrogen functional groups attached to an aromatic ring is 1. The lowest BCUT2D eigenvalue weighted by atomic mass is 9.97. The molecular weight excluding hydrogens is 280 g/mol. The van der Waals surface area contributed by atoms with Crippen LogP contribution in [0.1, 0.15) is 50.7 Å². The molecule has 0 unspecified atom stereocenters. The van der Waals surface area contributed by atoms with Crippen molar-refractivity contribution >= 4 is 22.9 Å². The third kappa shape index (κ3) is 2.95. The molecular formula is C17H20N2OS. The number of thiophene rings is 1. The van der Waals surface area contributed by atoms with E-state index in [2.05, 4.69) is 11.4 Å². The number of nitrogens with one attached hydrogen (secondary N) is 1. The third-order valence-electron chi connectivity index (χ3n) is 4.11. The molecule has 0 bridgehead atoms. The zero-order chi connectivity index (χ0) is 15.0. The molecule has 4 heteroatoms. The summed E-state index contributed by atoms with van der Waals surface area (Å²) in [5.74, 6) is 0.641. The fourth-order valence-corrected chi connectivity index (χ4v) is 3.32. The first kappa shape index (κ1) is 14.1. The molecule has 3 nitrogen and oxygen atoms in total. The van der Waals surface area contributed by atoms with Gasteiger partial charge in [-0.2, -0.15) is 0 Å². The molecule has 110 valence electrons. The summed E-state index contributed by atoms with van der Waals surface area (Å²) in [5.41, 5.74) is 11.2. The third-order valence-corrected chi connectivity index (χ3v) is 4.97. The van der Waals surface area contributed by atoms with Crippen LogP contribution in [0, 0.1) is 13.8 Å². The van der Waals surface area contributed by atoms with Crippen LogP contribution < -0.4 is 11.1 Å². The van der Waals surface area contributed by atoms with Crippen LogP contribution in [0.3, 0.4) is 0 Å². The van der Waals surface area contributed by atoms with Gasteiger partial charge in [-0.25, -0.2) is 0 Å². The molecule has 1 aliphatic rings. The minimum atomic E-state index is -0.0112. The largest absolute Gasteiger partial charge is 0.399 e. The number of hydrogen-bond acceptors (Lipinski definition) is 3. The van der Waals surface area contributed by atoms with Crippen molar-refractivity contribution < 1.29 is 4.79 Å². The van der Waals surface area contributed by atoms with Crippen molar-refractivity contribution in [2.45, 2.75) is 39.2 Å². The standard InChI is InChI=1S/C17H20N2OS/c1-10-7-13(9-21-10)17(20)19-8-15-11(2)16(18)6-5-14(15)12-3-4-12/h5-7,9,12H,3-4,8,18H2,1-2H3,(H,19,20). The Bertz CT molecular complexity index is 686. The van der Waals surface area contributed by atoms with Crippen LogP contribution in [-0.4, -0.2) is 5.91 Å². The summed E-state index contributed by atoms with van der Waals surface area (Å²) in [6.07, 6.45) is 2.49. The lowest BCUT2D eigenvalue weighted by Gasteiger charge is -2.15. The highest BCUT2D eigenvalue weighted by Crippen LogP contribution is 2.43. The van der Waals surface area contributed by atoms with E-state index >= 15 is 0 Å². The maximum absolute atomic E-state index is 12.2. The topological polar surface area (TPSA) is 55.1 Å². The normalized spacial score (nSPS) is 14.2. The average molecular weight is 300 g/mol. The van der Waals surface area contributed by atoms with Gasteiger partial charge in [0.05, 0.1) is 5.56 Å². The first-order valence-electron chi connectivity index (χ1n) is 7.27. The van der Waals surface area contributed by atoms with Crippen LogP contribution >= 0.6 is 11.3 Å². The molecule has 3 N–H and O–H groups in total. The summed E-state index contributed by atoms with van der Waals surface area (Å²) >= 11 is 1.60. The van der Waals surface area contributed by atoms with Crippen LogP contribution in [0.5, 0.6) is 0 Å². The SMILES string of the molecule is Cc1cc(C(=O)NCc2c(C3CC3)ccc(N)c2C)cs1. The second-order valence-electron chi connectivity index (χ2n) is 5.75. The van der Waals surface area contributed by atoms with Gasteiger partial charge in [-0.15, -0.1) is 11.3 Å². The van der Waals surface area contributed by atoms with Gasteiger partial charge in [0.1, 0.15) is 0 Å². The Kier molecular flexibility index (Phi) is 3.72. The second-order valence-corrected chi connectivity index (χ2v) is 6.87. The highest BCUT2D eigenvalue weighted by Gasteiger charge is 2.27. The molecule has 1 aliphatic carbocycles. The van der Waals surface area contributed by atoms with Gasteiger partial charge in [0.15, 0.2) is 0 Å². The quantitative estimate of drug-likeness (QED) is 0.845. The van der Waals surface area contributed by atoms with E-state index < -0.39 is 0 Å². The van der Waals surface area contributed by atoms with E-state index in [4.69, 9.17) is 5.73 Å². The van der Waals surface area contributed by atoms with E-state index in [1.54, 1.807) is 11.3 Å². The van der Waals surface area contributed by atoms with Gasteiger partial charge < -0.3 is 11.1 Å². The lowest BCUT2D eigenvalue weighted by molar-refractivity contribution is 0.0951. The number of nitrogens with two attached hydrogens (primary N) is 1. The molecule has 1 aromatic heterocycles. The highest BCUT2D eigenvalue weighted by molar-refractivity contribution is 7.10. The molecule has 0 atom stereocenters. The number of hydrogen-bond donors (Lipinski definition) is 2. The van der Waals surface area contributed by atoms with Gasteiger partial charge in [0.25, 0.3) is 5.91 Å². The summed E-state index contributed by atoms with van der Waals surface area (Å²) in [6.45, 7) is 4.60. The van der Waals surface area contributed by atoms with Crippen molar-refractivity contribution in [3.8, 4) is 0 Å². The summed E-state index contributed by atoms with van der Waals surface area (Å²) in [4.78, 5) is 13.3. The Labute approximate surface area is 129 Å². The molecule has 0 radical (unpaired) electrons. The maximum atomic E-state index is 12.2. The molecule has 2 aromatic rings. The van der Waals surface area contributed by atoms with Crippen LogP contribution in [0.25, 0.3) is 0 Å². The molecule has 3 rings (SSSR count). The first-order valence-corrected chi connectivity index (χ1v) is 8.15. The minimum absolute atomic E-state index is 0.0112. The number of rotatable bonds is 4. The van der Waals surface area contributed by atoms with Crippen LogP contribution in [0.2, 0.25) is 0 Å². The summed E-state index contributed by atoms with van der Waals surface area (Å²) in [5, 5.41) is 4.93. The van der Waals surface area contributed by atoms with E-state index in [1.165, 1.54) is 24.0 Å². The van der Waals surface area contributed by atoms with Gasteiger partial charge in [-0.3, -0.25) is 4.79 Å². The van der Waals surface area contributed by atoms with E-state index in [9.17, 15) is 4.79 Å². The van der Waals surface area contributed by atoms with Gasteiger partial charge in [-0.1, -0.05) is 6.07 Å². The van der Waals surface area contributed by atoms with Crippen molar-refractivity contribution in [1.29, 1.82) is 0 Å². The number of carbonyl (C=O) groups is 1. The fourth-order valence-electron chi connectivity index (χ4n) is 2.64. The summed E-state index contributed by atoms with van der Waals surface area (Å²) in [7, 11) is 0. The number of carbonyl (C=O) groups excluding carboxylic acids is 1. The predicted octanol–water partition coefficient (Wildman–Crippen LogP) is 3.75. The molecule has 0 aliphatic heterocycles. The zero-order valence-electron chi connectivity index (χ0n) is 12.4. The molecule has 1 heterocycles. The Morgan fingerprint density at radius 2 is 2.14 bits per heavy atom. The van der Waals surface area contributed by atoms with Gasteiger partial charge in [0, 0.05) is 22.5 Å². The van der Waals surface area contributed by atoms with Crippen molar-refractivity contribution in [2.75, 3.05) is 5.73 Å². The van der Waals surface area contributed by atoms with Crippen molar-refractivity contribution in [3.05, 3.63) is 50.7 Å². The smallest absolute Gasteiger partial charge is 0.252 e. The van der Waals surface area contributed by atoms with Gasteiger partial charge in [-0.05, 0) is 61.4 Å². The first-order chi connectivity index (χ1) is 10.1. The maximum Gasteiger partial charge on any atom is 0.252 e. The van der Waals surface area contributed by atoms with Crippen molar-refractivity contribution in [2.24, 2.45) is 0 Å². The van der Waals surface area contributed by atoms with E-state index in [0.29, 0.717) is 12.5 Å². The van der Waals surface area contributed by atoms with Crippen LogP contribution in [0.15, 0.2) is 23.6 Å². The van der Waals surface area contributed by atoms with E-state index in [-0.39, 0.29) is 5.91 Å². The molecule has 21 heavy (non-hydrogen) atoms. The minimum Gasteiger partial charge on any atom is -0.399 e. The van der Waals surface area contributed by atoms with E-state index in [0.717, 1.165) is 21.7 Å². The number of anilines is 1. The Hall–Kier alpha value is -1.81. The predicted molar refractivity (Wildman–Crippen MR) is 87.8 cm³/mol. The summed E-state index contributed by atoms with van der Waals surface area (Å²) < 4.78 is 0. The van der Waals surface area contributed by atoms with Gasteiger partial charge >= 0.3 is 0 Å². The van der Waals surface area contributed by atoms with Crippen molar-refractivity contribution in [1.82, 2.24) is 5.32 Å². The highest BCUT2D eigenvalue weighted by atomic mass is 32.1. The van der Waals surface area contributed by atoms with Crippen LogP contribution in [0.4, 0.5) is 5.69 Å². The second kappa shape index (κ2) is 5.53. The Morgan fingerprint density at radius 3 is 2.76 bits per heavy atom. The molecule has 0 saturated heterocycles. The Morgan fingerprint density at radius 1 is 1.38 bits per heavy atom. The number of amides is 1. The Balaban J connectivity index is 1.78.